The van der Waals surface area contributed by atoms with Gasteiger partial charge in [-0.15, -0.1) is 0 Å². The van der Waals surface area contributed by atoms with Crippen LogP contribution in [0.15, 0.2) is 30.6 Å². The minimum Gasteiger partial charge on any atom is -0.478 e. The first-order valence-electron chi connectivity index (χ1n) is 5.48. The molecule has 0 fully saturated rings. The first-order valence-corrected chi connectivity index (χ1v) is 5.48. The highest BCUT2D eigenvalue weighted by Crippen LogP contribution is 2.24. The van der Waals surface area contributed by atoms with E-state index in [1.54, 1.807) is 16.9 Å². The van der Waals surface area contributed by atoms with Crippen molar-refractivity contribution in [2.24, 2.45) is 0 Å². The molecule has 4 nitrogen and oxygen atoms in total. The van der Waals surface area contributed by atoms with Crippen molar-refractivity contribution in [3.63, 3.8) is 0 Å². The van der Waals surface area contributed by atoms with E-state index in [1.165, 1.54) is 0 Å². The molecule has 88 valence electrons. The van der Waals surface area contributed by atoms with Crippen LogP contribution in [0.25, 0.3) is 11.1 Å². The molecule has 0 saturated heterocycles. The number of rotatable bonds is 3. The lowest BCUT2D eigenvalue weighted by atomic mass is 10.0. The van der Waals surface area contributed by atoms with Crippen LogP contribution in [0.3, 0.4) is 0 Å². The smallest absolute Gasteiger partial charge is 0.336 e. The second kappa shape index (κ2) is 4.41. The van der Waals surface area contributed by atoms with E-state index >= 15 is 0 Å². The molecule has 0 bridgehead atoms. The summed E-state index contributed by atoms with van der Waals surface area (Å²) in [5.41, 5.74) is 2.81. The van der Waals surface area contributed by atoms with Crippen molar-refractivity contribution < 1.29 is 9.90 Å². The Morgan fingerprint density at radius 2 is 2.24 bits per heavy atom. The van der Waals surface area contributed by atoms with Gasteiger partial charge in [0.1, 0.15) is 0 Å². The Morgan fingerprint density at radius 1 is 1.47 bits per heavy atom. The zero-order chi connectivity index (χ0) is 12.4. The maximum atomic E-state index is 11.2. The van der Waals surface area contributed by atoms with Crippen LogP contribution in [-0.4, -0.2) is 20.9 Å². The van der Waals surface area contributed by atoms with E-state index in [-0.39, 0.29) is 0 Å². The standard InChI is InChI=1S/C13H14N2O2/c1-3-15-8-10(7-14-15)11-5-4-9(2)6-12(11)13(16)17/h4-8H,3H2,1-2H3,(H,16,17). The molecule has 0 aliphatic heterocycles. The van der Waals surface area contributed by atoms with Gasteiger partial charge in [0, 0.05) is 18.3 Å². The Hall–Kier alpha value is -2.10. The van der Waals surface area contributed by atoms with Crippen molar-refractivity contribution >= 4 is 5.97 Å². The predicted octanol–water partition coefficient (Wildman–Crippen LogP) is 2.58. The molecule has 0 amide bonds. The molecule has 2 aromatic rings. The molecule has 0 aliphatic rings. The van der Waals surface area contributed by atoms with Crippen molar-refractivity contribution in [3.05, 3.63) is 41.7 Å². The highest BCUT2D eigenvalue weighted by molar-refractivity contribution is 5.96. The lowest BCUT2D eigenvalue weighted by molar-refractivity contribution is 0.0697. The van der Waals surface area contributed by atoms with Crippen LogP contribution in [-0.2, 0) is 6.54 Å². The topological polar surface area (TPSA) is 55.1 Å². The van der Waals surface area contributed by atoms with E-state index in [2.05, 4.69) is 5.10 Å². The Labute approximate surface area is 99.5 Å². The third-order valence-electron chi connectivity index (χ3n) is 2.67. The van der Waals surface area contributed by atoms with Gasteiger partial charge in [0.05, 0.1) is 11.8 Å². The van der Waals surface area contributed by atoms with Gasteiger partial charge in [-0.1, -0.05) is 17.7 Å². The lowest BCUT2D eigenvalue weighted by Crippen LogP contribution is -1.99. The largest absolute Gasteiger partial charge is 0.478 e. The van der Waals surface area contributed by atoms with Crippen LogP contribution >= 0.6 is 0 Å². The van der Waals surface area contributed by atoms with E-state index < -0.39 is 5.97 Å². The Balaban J connectivity index is 2.54. The maximum absolute atomic E-state index is 11.2. The minimum atomic E-state index is -0.909. The molecule has 0 radical (unpaired) electrons. The summed E-state index contributed by atoms with van der Waals surface area (Å²) in [5, 5.41) is 13.3. The first kappa shape index (κ1) is 11.4. The number of hydrogen-bond donors (Lipinski definition) is 1. The van der Waals surface area contributed by atoms with E-state index in [4.69, 9.17) is 0 Å². The van der Waals surface area contributed by atoms with Gasteiger partial charge in [-0.05, 0) is 25.5 Å². The van der Waals surface area contributed by atoms with Gasteiger partial charge in [0.15, 0.2) is 0 Å². The number of aryl methyl sites for hydroxylation is 2. The van der Waals surface area contributed by atoms with Crippen molar-refractivity contribution in [2.45, 2.75) is 20.4 Å². The number of aromatic nitrogens is 2. The molecule has 1 N–H and O–H groups in total. The first-order chi connectivity index (χ1) is 8.11. The average Bonchev–Trinajstić information content (AvgIpc) is 2.77. The SMILES string of the molecule is CCn1cc(-c2ccc(C)cc2C(=O)O)cn1. The van der Waals surface area contributed by atoms with E-state index in [1.807, 2.05) is 32.2 Å². The summed E-state index contributed by atoms with van der Waals surface area (Å²) in [4.78, 5) is 11.2. The van der Waals surface area contributed by atoms with Gasteiger partial charge in [0.2, 0.25) is 0 Å². The van der Waals surface area contributed by atoms with Crippen LogP contribution in [0.5, 0.6) is 0 Å². The molecule has 0 saturated carbocycles. The Bertz CT molecular complexity index is 558. The predicted molar refractivity (Wildman–Crippen MR) is 65.0 cm³/mol. The molecule has 1 aromatic carbocycles. The fourth-order valence-electron chi connectivity index (χ4n) is 1.76. The molecule has 0 aliphatic carbocycles. The second-order valence-corrected chi connectivity index (χ2v) is 3.94. The second-order valence-electron chi connectivity index (χ2n) is 3.94. The van der Waals surface area contributed by atoms with Crippen molar-refractivity contribution in [3.8, 4) is 11.1 Å². The van der Waals surface area contributed by atoms with Gasteiger partial charge in [0.25, 0.3) is 0 Å². The summed E-state index contributed by atoms with van der Waals surface area (Å²) >= 11 is 0. The summed E-state index contributed by atoms with van der Waals surface area (Å²) in [5.74, 6) is -0.909. The molecule has 17 heavy (non-hydrogen) atoms. The monoisotopic (exact) mass is 230 g/mol. The van der Waals surface area contributed by atoms with Crippen LogP contribution in [0, 0.1) is 6.92 Å². The average molecular weight is 230 g/mol. The van der Waals surface area contributed by atoms with Crippen LogP contribution in [0.2, 0.25) is 0 Å². The number of carboxylic acid groups (broad SMARTS) is 1. The third-order valence-corrected chi connectivity index (χ3v) is 2.67. The van der Waals surface area contributed by atoms with Crippen molar-refractivity contribution in [2.75, 3.05) is 0 Å². The van der Waals surface area contributed by atoms with Gasteiger partial charge < -0.3 is 5.11 Å². The summed E-state index contributed by atoms with van der Waals surface area (Å²) in [6.07, 6.45) is 3.55. The van der Waals surface area contributed by atoms with Crippen LogP contribution in [0.1, 0.15) is 22.8 Å². The molecular formula is C13H14N2O2. The molecular weight excluding hydrogens is 216 g/mol. The lowest BCUT2D eigenvalue weighted by Gasteiger charge is -2.04. The van der Waals surface area contributed by atoms with Gasteiger partial charge in [-0.2, -0.15) is 5.10 Å². The number of carbonyl (C=O) groups is 1. The molecule has 2 rings (SSSR count). The molecule has 1 aromatic heterocycles. The number of nitrogens with zero attached hydrogens (tertiary/aromatic N) is 2. The summed E-state index contributed by atoms with van der Waals surface area (Å²) in [6, 6.07) is 5.42. The van der Waals surface area contributed by atoms with Crippen LogP contribution < -0.4 is 0 Å². The molecule has 0 spiro atoms. The molecule has 1 heterocycles. The minimum absolute atomic E-state index is 0.320. The molecule has 4 heteroatoms. The zero-order valence-electron chi connectivity index (χ0n) is 9.84. The highest BCUT2D eigenvalue weighted by atomic mass is 16.4. The number of benzene rings is 1. The van der Waals surface area contributed by atoms with Crippen molar-refractivity contribution in [1.82, 2.24) is 9.78 Å². The fraction of sp³-hybridized carbons (Fsp3) is 0.231. The normalized spacial score (nSPS) is 10.5. The summed E-state index contributed by atoms with van der Waals surface area (Å²) < 4.78 is 1.78. The molecule has 0 atom stereocenters. The number of carboxylic acids is 1. The van der Waals surface area contributed by atoms with E-state index in [0.717, 1.165) is 17.7 Å². The number of aromatic carboxylic acids is 1. The van der Waals surface area contributed by atoms with Gasteiger partial charge in [-0.25, -0.2) is 4.79 Å². The quantitative estimate of drug-likeness (QED) is 0.881. The van der Waals surface area contributed by atoms with Gasteiger partial charge in [-0.3, -0.25) is 4.68 Å². The van der Waals surface area contributed by atoms with Crippen molar-refractivity contribution in [1.29, 1.82) is 0 Å². The fourth-order valence-corrected chi connectivity index (χ4v) is 1.76. The maximum Gasteiger partial charge on any atom is 0.336 e. The number of hydrogen-bond acceptors (Lipinski definition) is 2. The van der Waals surface area contributed by atoms with E-state index in [0.29, 0.717) is 11.1 Å². The summed E-state index contributed by atoms with van der Waals surface area (Å²) in [6.45, 7) is 4.64. The highest BCUT2D eigenvalue weighted by Gasteiger charge is 2.12. The Kier molecular flexibility index (Phi) is 2.95. The third kappa shape index (κ3) is 2.20. The summed E-state index contributed by atoms with van der Waals surface area (Å²) in [7, 11) is 0. The van der Waals surface area contributed by atoms with E-state index in [9.17, 15) is 9.90 Å². The van der Waals surface area contributed by atoms with Gasteiger partial charge >= 0.3 is 5.97 Å². The zero-order valence-corrected chi connectivity index (χ0v) is 9.84. The van der Waals surface area contributed by atoms with Crippen LogP contribution in [0.4, 0.5) is 0 Å². The molecule has 0 unspecified atom stereocenters. The Morgan fingerprint density at radius 3 is 2.82 bits per heavy atom.